The van der Waals surface area contributed by atoms with Gasteiger partial charge in [-0.25, -0.2) is 4.79 Å². The van der Waals surface area contributed by atoms with E-state index in [1.54, 1.807) is 30.1 Å². The van der Waals surface area contributed by atoms with Crippen molar-refractivity contribution >= 4 is 17.6 Å². The third kappa shape index (κ3) is 5.49. The molecule has 0 spiro atoms. The van der Waals surface area contributed by atoms with E-state index in [0.29, 0.717) is 24.6 Å². The highest BCUT2D eigenvalue weighted by Gasteiger charge is 2.15. The molecule has 0 saturated carbocycles. The van der Waals surface area contributed by atoms with Gasteiger partial charge in [0.15, 0.2) is 0 Å². The summed E-state index contributed by atoms with van der Waals surface area (Å²) in [6.45, 7) is 5.48. The molecular formula is C18H25N3O4. The number of benzene rings is 1. The zero-order chi connectivity index (χ0) is 18.4. The summed E-state index contributed by atoms with van der Waals surface area (Å²) >= 11 is 0. The van der Waals surface area contributed by atoms with Crippen molar-refractivity contribution in [2.24, 2.45) is 5.73 Å². The Morgan fingerprint density at radius 3 is 2.76 bits per heavy atom. The Morgan fingerprint density at radius 2 is 2.16 bits per heavy atom. The van der Waals surface area contributed by atoms with Crippen LogP contribution < -0.4 is 15.8 Å². The van der Waals surface area contributed by atoms with Crippen molar-refractivity contribution in [3.05, 3.63) is 35.4 Å². The van der Waals surface area contributed by atoms with Crippen molar-refractivity contribution in [1.82, 2.24) is 4.90 Å². The lowest BCUT2D eigenvalue weighted by molar-refractivity contribution is 0.0994. The molecule has 0 radical (unpaired) electrons. The molecule has 2 rings (SSSR count). The normalized spacial score (nSPS) is 14.0. The lowest BCUT2D eigenvalue weighted by Gasteiger charge is -2.22. The Kier molecular flexibility index (Phi) is 6.41. The van der Waals surface area contributed by atoms with Crippen molar-refractivity contribution in [3.8, 4) is 5.75 Å². The van der Waals surface area contributed by atoms with Gasteiger partial charge in [0.25, 0.3) is 5.91 Å². The second-order valence-corrected chi connectivity index (χ2v) is 6.23. The van der Waals surface area contributed by atoms with Crippen LogP contribution in [0, 0.1) is 0 Å². The molecule has 1 aliphatic rings. The third-order valence-electron chi connectivity index (χ3n) is 3.63. The molecule has 1 heterocycles. The number of primary amides is 1. The molecule has 136 valence electrons. The average molecular weight is 347 g/mol. The minimum atomic E-state index is -0.574. The Labute approximate surface area is 147 Å². The van der Waals surface area contributed by atoms with Crippen LogP contribution in [0.4, 0.5) is 10.5 Å². The fourth-order valence-electron chi connectivity index (χ4n) is 2.47. The van der Waals surface area contributed by atoms with Gasteiger partial charge < -0.3 is 25.4 Å². The number of likely N-dealkylation sites (N-methyl/N-ethyl adjacent to an activating group) is 1. The number of hydrogen-bond donors (Lipinski definition) is 2. The summed E-state index contributed by atoms with van der Waals surface area (Å²) in [7, 11) is 1.72. The van der Waals surface area contributed by atoms with Crippen LogP contribution in [0.3, 0.4) is 0 Å². The molecule has 0 fully saturated rings. The minimum Gasteiger partial charge on any atom is -0.490 e. The van der Waals surface area contributed by atoms with E-state index in [1.165, 1.54) is 0 Å². The predicted molar refractivity (Wildman–Crippen MR) is 95.9 cm³/mol. The fraction of sp³-hybridized carbons (Fsp3) is 0.444. The summed E-state index contributed by atoms with van der Waals surface area (Å²) in [6, 6.07) is 4.53. The third-order valence-corrected chi connectivity index (χ3v) is 3.63. The van der Waals surface area contributed by atoms with Crippen molar-refractivity contribution in [3.63, 3.8) is 0 Å². The van der Waals surface area contributed by atoms with Gasteiger partial charge >= 0.3 is 6.03 Å². The molecule has 3 amide bonds. The molecule has 25 heavy (non-hydrogen) atoms. The van der Waals surface area contributed by atoms with Crippen LogP contribution in [-0.4, -0.2) is 49.7 Å². The van der Waals surface area contributed by atoms with Gasteiger partial charge in [-0.3, -0.25) is 4.79 Å². The number of nitrogens with two attached hydrogens (primary N) is 1. The average Bonchev–Trinajstić information content (AvgIpc) is 2.55. The van der Waals surface area contributed by atoms with Crippen LogP contribution in [0.25, 0.3) is 0 Å². The van der Waals surface area contributed by atoms with Crippen LogP contribution in [0.5, 0.6) is 5.75 Å². The lowest BCUT2D eigenvalue weighted by atomic mass is 10.1. The van der Waals surface area contributed by atoms with E-state index in [9.17, 15) is 9.59 Å². The van der Waals surface area contributed by atoms with Crippen molar-refractivity contribution < 1.29 is 19.1 Å². The number of carbonyl (C=O) groups excluding carboxylic acids is 2. The molecule has 0 aromatic heterocycles. The van der Waals surface area contributed by atoms with E-state index in [4.69, 9.17) is 15.2 Å². The van der Waals surface area contributed by atoms with E-state index >= 15 is 0 Å². The van der Waals surface area contributed by atoms with Crippen LogP contribution in [0.15, 0.2) is 29.8 Å². The number of amides is 3. The van der Waals surface area contributed by atoms with Crippen LogP contribution in [0.1, 0.15) is 30.6 Å². The smallest absolute Gasteiger partial charge is 0.321 e. The van der Waals surface area contributed by atoms with Gasteiger partial charge in [-0.1, -0.05) is 6.08 Å². The molecule has 1 aliphatic heterocycles. The summed E-state index contributed by atoms with van der Waals surface area (Å²) in [5.74, 6) is -0.221. The van der Waals surface area contributed by atoms with Gasteiger partial charge in [0.1, 0.15) is 5.75 Å². The molecule has 7 nitrogen and oxygen atoms in total. The number of nitrogens with zero attached hydrogens (tertiary/aromatic N) is 1. The predicted octanol–water partition coefficient (Wildman–Crippen LogP) is 2.38. The molecule has 1 aromatic carbocycles. The SMILES string of the molecule is CC(C)Oc1cc(NC(=O)N(C)CC2=CCCOC2)ccc1C(N)=O. The Hall–Kier alpha value is -2.54. The van der Waals surface area contributed by atoms with Crippen molar-refractivity contribution in [1.29, 1.82) is 0 Å². The summed E-state index contributed by atoms with van der Waals surface area (Å²) in [4.78, 5) is 25.4. The molecule has 3 N–H and O–H groups in total. The first kappa shape index (κ1) is 18.8. The Morgan fingerprint density at radius 1 is 1.40 bits per heavy atom. The molecular weight excluding hydrogens is 322 g/mol. The lowest BCUT2D eigenvalue weighted by Crippen LogP contribution is -2.34. The van der Waals surface area contributed by atoms with E-state index in [-0.39, 0.29) is 17.7 Å². The first-order chi connectivity index (χ1) is 11.9. The second kappa shape index (κ2) is 8.53. The monoisotopic (exact) mass is 347 g/mol. The van der Waals surface area contributed by atoms with Crippen molar-refractivity contribution in [2.45, 2.75) is 26.4 Å². The fourth-order valence-corrected chi connectivity index (χ4v) is 2.47. The molecule has 0 saturated heterocycles. The summed E-state index contributed by atoms with van der Waals surface area (Å²) in [5, 5.41) is 2.80. The summed E-state index contributed by atoms with van der Waals surface area (Å²) < 4.78 is 11.0. The molecule has 0 unspecified atom stereocenters. The maximum atomic E-state index is 12.4. The van der Waals surface area contributed by atoms with Gasteiger partial charge in [-0.15, -0.1) is 0 Å². The van der Waals surface area contributed by atoms with Crippen LogP contribution in [0.2, 0.25) is 0 Å². The number of hydrogen-bond acceptors (Lipinski definition) is 4. The highest BCUT2D eigenvalue weighted by molar-refractivity contribution is 5.97. The summed E-state index contributed by atoms with van der Waals surface area (Å²) in [6.07, 6.45) is 2.85. The highest BCUT2D eigenvalue weighted by atomic mass is 16.5. The zero-order valence-electron chi connectivity index (χ0n) is 14.9. The van der Waals surface area contributed by atoms with Crippen molar-refractivity contribution in [2.75, 3.05) is 32.1 Å². The van der Waals surface area contributed by atoms with E-state index in [1.807, 2.05) is 13.8 Å². The summed E-state index contributed by atoms with van der Waals surface area (Å²) in [5.41, 5.74) is 7.26. The Balaban J connectivity index is 2.06. The molecule has 0 atom stereocenters. The maximum Gasteiger partial charge on any atom is 0.321 e. The second-order valence-electron chi connectivity index (χ2n) is 6.23. The standard InChI is InChI=1S/C18H25N3O4/c1-12(2)25-16-9-14(6-7-15(16)17(19)22)20-18(23)21(3)10-13-5-4-8-24-11-13/h5-7,9,12H,4,8,10-11H2,1-3H3,(H2,19,22)(H,20,23). The highest BCUT2D eigenvalue weighted by Crippen LogP contribution is 2.24. The number of anilines is 1. The Bertz CT molecular complexity index is 670. The molecule has 0 aliphatic carbocycles. The van der Waals surface area contributed by atoms with Crippen LogP contribution in [-0.2, 0) is 4.74 Å². The zero-order valence-corrected chi connectivity index (χ0v) is 14.9. The number of carbonyl (C=O) groups is 2. The topological polar surface area (TPSA) is 93.9 Å². The molecule has 1 aromatic rings. The van der Waals surface area contributed by atoms with Crippen LogP contribution >= 0.6 is 0 Å². The minimum absolute atomic E-state index is 0.120. The van der Waals surface area contributed by atoms with Gasteiger partial charge in [-0.2, -0.15) is 0 Å². The van der Waals surface area contributed by atoms with Gasteiger partial charge in [0.2, 0.25) is 0 Å². The quantitative estimate of drug-likeness (QED) is 0.773. The first-order valence-corrected chi connectivity index (χ1v) is 8.25. The molecule has 0 bridgehead atoms. The maximum absolute atomic E-state index is 12.4. The van der Waals surface area contributed by atoms with E-state index in [2.05, 4.69) is 11.4 Å². The van der Waals surface area contributed by atoms with E-state index in [0.717, 1.165) is 18.6 Å². The molecule has 7 heteroatoms. The largest absolute Gasteiger partial charge is 0.490 e. The van der Waals surface area contributed by atoms with Gasteiger partial charge in [0.05, 0.1) is 24.9 Å². The number of ether oxygens (including phenoxy) is 2. The number of rotatable bonds is 6. The van der Waals surface area contributed by atoms with E-state index < -0.39 is 5.91 Å². The number of urea groups is 1. The van der Waals surface area contributed by atoms with Gasteiger partial charge in [0, 0.05) is 25.3 Å². The van der Waals surface area contributed by atoms with Gasteiger partial charge in [-0.05, 0) is 38.0 Å². The number of nitrogens with one attached hydrogen (secondary N) is 1. The first-order valence-electron chi connectivity index (χ1n) is 8.25.